The fourth-order valence-electron chi connectivity index (χ4n) is 2.52. The molecule has 1 atom stereocenters. The molecule has 0 spiro atoms. The summed E-state index contributed by atoms with van der Waals surface area (Å²) in [5.74, 6) is 0.236. The molecule has 0 unspecified atom stereocenters. The maximum atomic E-state index is 6.14. The van der Waals surface area contributed by atoms with Gasteiger partial charge in [-0.1, -0.05) is 36.2 Å². The Labute approximate surface area is 117 Å². The first-order chi connectivity index (χ1) is 8.62. The zero-order valence-electron chi connectivity index (χ0n) is 13.2. The van der Waals surface area contributed by atoms with E-state index in [0.29, 0.717) is 0 Å². The summed E-state index contributed by atoms with van der Waals surface area (Å²) in [6.07, 6.45) is 0. The van der Waals surface area contributed by atoms with Gasteiger partial charge in [0, 0.05) is 5.82 Å². The van der Waals surface area contributed by atoms with Crippen molar-refractivity contribution in [3.05, 3.63) is 34.9 Å². The summed E-state index contributed by atoms with van der Waals surface area (Å²) in [4.78, 5) is 0. The highest BCUT2D eigenvalue weighted by molar-refractivity contribution is 6.47. The van der Waals surface area contributed by atoms with E-state index in [2.05, 4.69) is 66.7 Å². The SMILES string of the molecule is Cc1cc(C)cc([C@@H](C)B2OC(C)(C)C(C)(C)O2)c1. The van der Waals surface area contributed by atoms with Crippen LogP contribution in [0.15, 0.2) is 18.2 Å². The summed E-state index contributed by atoms with van der Waals surface area (Å²) in [6, 6.07) is 6.64. The summed E-state index contributed by atoms with van der Waals surface area (Å²) in [7, 11) is -0.175. The zero-order chi connectivity index (χ0) is 14.4. The summed E-state index contributed by atoms with van der Waals surface area (Å²) in [5, 5.41) is 0. The van der Waals surface area contributed by atoms with Gasteiger partial charge in [-0.2, -0.15) is 0 Å². The first-order valence-corrected chi connectivity index (χ1v) is 7.06. The third kappa shape index (κ3) is 2.73. The molecule has 0 aromatic heterocycles. The van der Waals surface area contributed by atoms with Crippen LogP contribution < -0.4 is 0 Å². The van der Waals surface area contributed by atoms with Crippen LogP contribution in [0.2, 0.25) is 0 Å². The van der Waals surface area contributed by atoms with Crippen LogP contribution >= 0.6 is 0 Å². The molecule has 0 bridgehead atoms. The van der Waals surface area contributed by atoms with Crippen LogP contribution in [0.25, 0.3) is 0 Å². The zero-order valence-corrected chi connectivity index (χ0v) is 13.2. The maximum absolute atomic E-state index is 6.14. The highest BCUT2D eigenvalue weighted by Gasteiger charge is 2.52. The second-order valence-corrected chi connectivity index (χ2v) is 6.83. The molecule has 0 aliphatic carbocycles. The Morgan fingerprint density at radius 1 is 0.895 bits per heavy atom. The smallest absolute Gasteiger partial charge is 0.403 e. The van der Waals surface area contributed by atoms with Crippen molar-refractivity contribution in [3.8, 4) is 0 Å². The molecule has 0 amide bonds. The molecule has 1 aliphatic heterocycles. The third-order valence-corrected chi connectivity index (χ3v) is 4.45. The first kappa shape index (κ1) is 14.6. The fourth-order valence-corrected chi connectivity index (χ4v) is 2.52. The van der Waals surface area contributed by atoms with E-state index in [1.807, 2.05) is 0 Å². The lowest BCUT2D eigenvalue weighted by atomic mass is 9.69. The van der Waals surface area contributed by atoms with E-state index in [-0.39, 0.29) is 24.1 Å². The molecule has 0 radical (unpaired) electrons. The van der Waals surface area contributed by atoms with Gasteiger partial charge in [0.15, 0.2) is 0 Å². The highest BCUT2D eigenvalue weighted by Crippen LogP contribution is 2.40. The van der Waals surface area contributed by atoms with Gasteiger partial charge in [0.25, 0.3) is 0 Å². The van der Waals surface area contributed by atoms with Crippen molar-refractivity contribution in [1.82, 2.24) is 0 Å². The van der Waals surface area contributed by atoms with Crippen molar-refractivity contribution in [2.75, 3.05) is 0 Å². The van der Waals surface area contributed by atoms with E-state index >= 15 is 0 Å². The Morgan fingerprint density at radius 2 is 1.32 bits per heavy atom. The van der Waals surface area contributed by atoms with Crippen LogP contribution in [0.3, 0.4) is 0 Å². The Bertz CT molecular complexity index is 443. The van der Waals surface area contributed by atoms with E-state index in [1.54, 1.807) is 0 Å². The molecule has 1 aromatic rings. The van der Waals surface area contributed by atoms with Crippen molar-refractivity contribution in [2.45, 2.75) is 65.5 Å². The minimum absolute atomic E-state index is 0.175. The summed E-state index contributed by atoms with van der Waals surface area (Å²) >= 11 is 0. The molecule has 104 valence electrons. The Hall–Kier alpha value is -0.795. The lowest BCUT2D eigenvalue weighted by molar-refractivity contribution is 0.00578. The van der Waals surface area contributed by atoms with E-state index in [4.69, 9.17) is 9.31 Å². The van der Waals surface area contributed by atoms with Crippen molar-refractivity contribution in [2.24, 2.45) is 0 Å². The van der Waals surface area contributed by atoms with Gasteiger partial charge in [-0.3, -0.25) is 0 Å². The van der Waals surface area contributed by atoms with Crippen molar-refractivity contribution < 1.29 is 9.31 Å². The second kappa shape index (κ2) is 4.64. The molecule has 0 N–H and O–H groups in total. The molecule has 1 fully saturated rings. The number of hydrogen-bond donors (Lipinski definition) is 0. The molecular formula is C16H25BO2. The average Bonchev–Trinajstić information content (AvgIpc) is 2.45. The van der Waals surface area contributed by atoms with Crippen LogP contribution in [-0.2, 0) is 9.31 Å². The van der Waals surface area contributed by atoms with Crippen LogP contribution in [0, 0.1) is 13.8 Å². The molecule has 1 heterocycles. The topological polar surface area (TPSA) is 18.5 Å². The van der Waals surface area contributed by atoms with E-state index in [1.165, 1.54) is 16.7 Å². The van der Waals surface area contributed by atoms with Crippen LogP contribution in [0.1, 0.15) is 57.1 Å². The van der Waals surface area contributed by atoms with Crippen molar-refractivity contribution in [1.29, 1.82) is 0 Å². The van der Waals surface area contributed by atoms with Crippen molar-refractivity contribution >= 4 is 7.12 Å². The van der Waals surface area contributed by atoms with E-state index < -0.39 is 0 Å². The molecule has 2 rings (SSSR count). The average molecular weight is 260 g/mol. The molecular weight excluding hydrogens is 235 g/mol. The lowest BCUT2D eigenvalue weighted by Crippen LogP contribution is -2.41. The summed E-state index contributed by atoms with van der Waals surface area (Å²) in [5.41, 5.74) is 3.35. The van der Waals surface area contributed by atoms with Gasteiger partial charge >= 0.3 is 7.12 Å². The van der Waals surface area contributed by atoms with Crippen LogP contribution in [0.4, 0.5) is 0 Å². The monoisotopic (exact) mass is 260 g/mol. The fraction of sp³-hybridized carbons (Fsp3) is 0.625. The minimum Gasteiger partial charge on any atom is -0.403 e. The number of aryl methyl sites for hydroxylation is 2. The molecule has 2 nitrogen and oxygen atoms in total. The number of benzene rings is 1. The number of rotatable bonds is 2. The standard InChI is InChI=1S/C16H25BO2/c1-11-8-12(2)10-14(9-11)13(3)17-18-15(4,5)16(6,7)19-17/h8-10,13H,1-7H3/t13-/m1/s1. The Kier molecular flexibility index (Phi) is 3.57. The minimum atomic E-state index is -0.259. The second-order valence-electron chi connectivity index (χ2n) is 6.83. The predicted molar refractivity (Wildman–Crippen MR) is 80.4 cm³/mol. The third-order valence-electron chi connectivity index (χ3n) is 4.45. The Balaban J connectivity index is 2.24. The quantitative estimate of drug-likeness (QED) is 0.747. The molecule has 1 aliphatic rings. The van der Waals surface area contributed by atoms with Gasteiger partial charge in [-0.05, 0) is 47.1 Å². The van der Waals surface area contributed by atoms with Gasteiger partial charge < -0.3 is 9.31 Å². The van der Waals surface area contributed by atoms with E-state index in [9.17, 15) is 0 Å². The lowest BCUT2D eigenvalue weighted by Gasteiger charge is -2.32. The first-order valence-electron chi connectivity index (χ1n) is 7.06. The van der Waals surface area contributed by atoms with Gasteiger partial charge in [0.2, 0.25) is 0 Å². The van der Waals surface area contributed by atoms with E-state index in [0.717, 1.165) is 0 Å². The molecule has 0 saturated carbocycles. The highest BCUT2D eigenvalue weighted by atomic mass is 16.7. The maximum Gasteiger partial charge on any atom is 0.465 e. The largest absolute Gasteiger partial charge is 0.465 e. The Morgan fingerprint density at radius 3 is 1.74 bits per heavy atom. The van der Waals surface area contributed by atoms with Gasteiger partial charge in [0.05, 0.1) is 11.2 Å². The normalized spacial score (nSPS) is 22.6. The van der Waals surface area contributed by atoms with Crippen LogP contribution in [0.5, 0.6) is 0 Å². The van der Waals surface area contributed by atoms with Crippen molar-refractivity contribution in [3.63, 3.8) is 0 Å². The molecule has 1 aromatic carbocycles. The molecule has 3 heteroatoms. The van der Waals surface area contributed by atoms with Gasteiger partial charge in [-0.15, -0.1) is 0 Å². The number of hydrogen-bond acceptors (Lipinski definition) is 2. The van der Waals surface area contributed by atoms with Gasteiger partial charge in [0.1, 0.15) is 0 Å². The van der Waals surface area contributed by atoms with Gasteiger partial charge in [-0.25, -0.2) is 0 Å². The van der Waals surface area contributed by atoms with Crippen LogP contribution in [-0.4, -0.2) is 18.3 Å². The summed E-state index contributed by atoms with van der Waals surface area (Å²) in [6.45, 7) is 14.8. The summed E-state index contributed by atoms with van der Waals surface area (Å²) < 4.78 is 12.3. The molecule has 19 heavy (non-hydrogen) atoms. The predicted octanol–water partition coefficient (Wildman–Crippen LogP) is 4.04. The molecule has 1 saturated heterocycles.